The molecule has 1 unspecified atom stereocenters. The minimum atomic E-state index is -5.08. The minimum Gasteiger partial charge on any atom is -0.475 e. The first kappa shape index (κ1) is 31.7. The predicted molar refractivity (Wildman–Crippen MR) is 120 cm³/mol. The highest BCUT2D eigenvalue weighted by Crippen LogP contribution is 2.32. The summed E-state index contributed by atoms with van der Waals surface area (Å²) in [7, 11) is 1.94. The number of alkyl halides is 6. The van der Waals surface area contributed by atoms with E-state index in [0.717, 1.165) is 39.0 Å². The highest BCUT2D eigenvalue weighted by atomic mass is 19.4. The third kappa shape index (κ3) is 9.97. The van der Waals surface area contributed by atoms with Gasteiger partial charge in [-0.25, -0.2) is 19.0 Å². The van der Waals surface area contributed by atoms with Gasteiger partial charge in [0.1, 0.15) is 0 Å². The topological polar surface area (TPSA) is 121 Å². The fraction of sp³-hybridized carbons (Fsp3) is 0.545. The standard InChI is InChI=1S/C18H24FN5O.2C2HF3O2/c1-22-11-15(10-21-22)12-23-8-9-25-18(13-23)5-3-7-24(14-18)17-16(19)4-2-6-20-17;2*3-2(4,5)1(6)7/h2,4,6,10-11H,3,5,7-9,12-14H2,1H3;2*(H,6,7). The average molecular weight is 573 g/mol. The van der Waals surface area contributed by atoms with Crippen LogP contribution in [0.4, 0.5) is 36.6 Å². The lowest BCUT2D eigenvalue weighted by atomic mass is 9.90. The molecule has 2 aliphatic heterocycles. The van der Waals surface area contributed by atoms with Gasteiger partial charge < -0.3 is 19.8 Å². The van der Waals surface area contributed by atoms with Gasteiger partial charge >= 0.3 is 24.3 Å². The van der Waals surface area contributed by atoms with Crippen LogP contribution in [0.25, 0.3) is 0 Å². The molecule has 0 amide bonds. The van der Waals surface area contributed by atoms with Crippen LogP contribution in [-0.4, -0.2) is 92.6 Å². The molecule has 2 aromatic heterocycles. The molecule has 2 fully saturated rings. The molecule has 4 heterocycles. The maximum atomic E-state index is 14.1. The second kappa shape index (κ2) is 13.1. The van der Waals surface area contributed by atoms with Crippen molar-refractivity contribution < 1.29 is 55.3 Å². The number of carbonyl (C=O) groups is 2. The van der Waals surface area contributed by atoms with Gasteiger partial charge in [-0.3, -0.25) is 9.58 Å². The van der Waals surface area contributed by atoms with Crippen LogP contribution >= 0.6 is 0 Å². The summed E-state index contributed by atoms with van der Waals surface area (Å²) < 4.78 is 85.7. The van der Waals surface area contributed by atoms with E-state index in [2.05, 4.69) is 21.2 Å². The number of halogens is 7. The van der Waals surface area contributed by atoms with Crippen molar-refractivity contribution in [1.82, 2.24) is 19.7 Å². The molecule has 2 aliphatic rings. The number of hydrogen-bond acceptors (Lipinski definition) is 7. The van der Waals surface area contributed by atoms with Crippen molar-refractivity contribution in [3.63, 3.8) is 0 Å². The largest absolute Gasteiger partial charge is 0.490 e. The molecular weight excluding hydrogens is 547 g/mol. The molecule has 0 aliphatic carbocycles. The van der Waals surface area contributed by atoms with Gasteiger partial charge in [-0.2, -0.15) is 31.4 Å². The van der Waals surface area contributed by atoms with E-state index < -0.39 is 24.3 Å². The first-order valence-electron chi connectivity index (χ1n) is 11.3. The number of rotatable bonds is 3. The van der Waals surface area contributed by atoms with Gasteiger partial charge in [0.25, 0.3) is 0 Å². The third-order valence-corrected chi connectivity index (χ3v) is 5.56. The van der Waals surface area contributed by atoms with Gasteiger partial charge in [-0.15, -0.1) is 0 Å². The minimum absolute atomic E-state index is 0.247. The monoisotopic (exact) mass is 573 g/mol. The van der Waals surface area contributed by atoms with Crippen LogP contribution in [0.15, 0.2) is 30.7 Å². The van der Waals surface area contributed by atoms with E-state index in [4.69, 9.17) is 24.5 Å². The van der Waals surface area contributed by atoms with Gasteiger partial charge in [0, 0.05) is 57.7 Å². The van der Waals surface area contributed by atoms with E-state index in [9.17, 15) is 30.7 Å². The van der Waals surface area contributed by atoms with Crippen molar-refractivity contribution in [2.75, 3.05) is 37.7 Å². The Bertz CT molecular complexity index is 1080. The van der Waals surface area contributed by atoms with Crippen molar-refractivity contribution in [1.29, 1.82) is 0 Å². The third-order valence-electron chi connectivity index (χ3n) is 5.56. The van der Waals surface area contributed by atoms with Gasteiger partial charge in [0.15, 0.2) is 11.6 Å². The Labute approximate surface area is 217 Å². The predicted octanol–water partition coefficient (Wildman–Crippen LogP) is 3.09. The molecule has 10 nitrogen and oxygen atoms in total. The average Bonchev–Trinajstić information content (AvgIpc) is 3.23. The zero-order valence-corrected chi connectivity index (χ0v) is 20.5. The lowest BCUT2D eigenvalue weighted by molar-refractivity contribution is -0.193. The number of piperidine rings is 1. The van der Waals surface area contributed by atoms with Gasteiger partial charge in [0.05, 0.1) is 18.4 Å². The van der Waals surface area contributed by atoms with E-state index >= 15 is 0 Å². The lowest BCUT2D eigenvalue weighted by Crippen LogP contribution is -2.59. The Morgan fingerprint density at radius 3 is 2.21 bits per heavy atom. The van der Waals surface area contributed by atoms with E-state index in [1.54, 1.807) is 12.3 Å². The second-order valence-electron chi connectivity index (χ2n) is 8.70. The number of carboxylic acid groups (broad SMARTS) is 2. The molecule has 0 saturated carbocycles. The van der Waals surface area contributed by atoms with E-state index in [1.807, 2.05) is 22.8 Å². The van der Waals surface area contributed by atoms with Gasteiger partial charge in [-0.1, -0.05) is 0 Å². The second-order valence-corrected chi connectivity index (χ2v) is 8.70. The van der Waals surface area contributed by atoms with E-state index in [-0.39, 0.29) is 11.4 Å². The molecule has 17 heteroatoms. The number of carboxylic acids is 2. The van der Waals surface area contributed by atoms with Crippen molar-refractivity contribution in [2.45, 2.75) is 37.3 Å². The van der Waals surface area contributed by atoms with Crippen LogP contribution in [0.2, 0.25) is 0 Å². The normalized spacial score (nSPS) is 19.9. The molecule has 1 atom stereocenters. The number of aromatic nitrogens is 3. The smallest absolute Gasteiger partial charge is 0.475 e. The van der Waals surface area contributed by atoms with Crippen LogP contribution in [0.1, 0.15) is 18.4 Å². The number of nitrogens with zero attached hydrogens (tertiary/aromatic N) is 5. The summed E-state index contributed by atoms with van der Waals surface area (Å²) in [5.74, 6) is -5.34. The molecule has 39 heavy (non-hydrogen) atoms. The first-order valence-corrected chi connectivity index (χ1v) is 11.3. The zero-order chi connectivity index (χ0) is 29.4. The van der Waals surface area contributed by atoms with Crippen molar-refractivity contribution in [3.8, 4) is 0 Å². The van der Waals surface area contributed by atoms with Crippen molar-refractivity contribution in [3.05, 3.63) is 42.1 Å². The number of aryl methyl sites for hydroxylation is 1. The number of ether oxygens (including phenoxy) is 1. The molecule has 2 saturated heterocycles. The van der Waals surface area contributed by atoms with Crippen molar-refractivity contribution in [2.24, 2.45) is 7.05 Å². The Balaban J connectivity index is 0.000000317. The number of morpholine rings is 1. The highest BCUT2D eigenvalue weighted by Gasteiger charge is 2.41. The number of anilines is 1. The van der Waals surface area contributed by atoms with Crippen LogP contribution in [-0.2, 0) is 27.9 Å². The zero-order valence-electron chi connectivity index (χ0n) is 20.5. The summed E-state index contributed by atoms with van der Waals surface area (Å²) in [4.78, 5) is 26.5. The fourth-order valence-electron chi connectivity index (χ4n) is 4.01. The maximum Gasteiger partial charge on any atom is 0.490 e. The molecule has 4 rings (SSSR count). The molecular formula is C22H26F7N5O5. The van der Waals surface area contributed by atoms with E-state index in [1.165, 1.54) is 11.6 Å². The Hall–Kier alpha value is -3.47. The lowest BCUT2D eigenvalue weighted by Gasteiger charge is -2.48. The Kier molecular flexibility index (Phi) is 10.6. The molecule has 0 radical (unpaired) electrons. The molecule has 0 bridgehead atoms. The van der Waals surface area contributed by atoms with E-state index in [0.29, 0.717) is 19.0 Å². The maximum absolute atomic E-state index is 14.1. The summed E-state index contributed by atoms with van der Waals surface area (Å²) in [6.07, 6.45) is -2.56. The summed E-state index contributed by atoms with van der Waals surface area (Å²) in [5.41, 5.74) is 0.964. The highest BCUT2D eigenvalue weighted by molar-refractivity contribution is 5.73. The van der Waals surface area contributed by atoms with Gasteiger partial charge in [0.2, 0.25) is 0 Å². The summed E-state index contributed by atoms with van der Waals surface area (Å²) in [6.45, 7) is 4.85. The Morgan fingerprint density at radius 1 is 1.08 bits per heavy atom. The summed E-state index contributed by atoms with van der Waals surface area (Å²) >= 11 is 0. The van der Waals surface area contributed by atoms with Crippen LogP contribution < -0.4 is 4.90 Å². The van der Waals surface area contributed by atoms with Crippen LogP contribution in [0, 0.1) is 5.82 Å². The SMILES string of the molecule is Cn1cc(CN2CCOC3(CCCN(c4ncccc4F)C3)C2)cn1.O=C(O)C(F)(F)F.O=C(O)C(F)(F)F. The molecule has 2 aromatic rings. The number of pyridine rings is 1. The summed E-state index contributed by atoms with van der Waals surface area (Å²) in [5, 5.41) is 18.5. The first-order chi connectivity index (χ1) is 18.0. The molecule has 1 spiro atoms. The molecule has 2 N–H and O–H groups in total. The number of aliphatic carboxylic acids is 2. The van der Waals surface area contributed by atoms with Crippen molar-refractivity contribution >= 4 is 17.8 Å². The number of hydrogen-bond donors (Lipinski definition) is 2. The molecule has 0 aromatic carbocycles. The molecule has 218 valence electrons. The fourth-order valence-corrected chi connectivity index (χ4v) is 4.01. The Morgan fingerprint density at radius 2 is 1.69 bits per heavy atom. The van der Waals surface area contributed by atoms with Gasteiger partial charge in [-0.05, 0) is 25.0 Å². The van der Waals surface area contributed by atoms with Crippen LogP contribution in [0.3, 0.4) is 0 Å². The van der Waals surface area contributed by atoms with Crippen LogP contribution in [0.5, 0.6) is 0 Å². The quantitative estimate of drug-likeness (QED) is 0.534. The summed E-state index contributed by atoms with van der Waals surface area (Å²) in [6, 6.07) is 3.10.